The summed E-state index contributed by atoms with van der Waals surface area (Å²) < 4.78 is 5.28. The lowest BCUT2D eigenvalue weighted by atomic mass is 10.0. The second-order valence-corrected chi connectivity index (χ2v) is 3.98. The quantitative estimate of drug-likeness (QED) is 0.584. The zero-order valence-electron chi connectivity index (χ0n) is 9.24. The number of hydrogen-bond acceptors (Lipinski definition) is 5. The van der Waals surface area contributed by atoms with Gasteiger partial charge in [-0.15, -0.1) is 0 Å². The molecule has 0 bridgehead atoms. The maximum absolute atomic E-state index is 11.5. The number of allylic oxidation sites excluding steroid dienone is 1. The van der Waals surface area contributed by atoms with Crippen LogP contribution in [-0.2, 0) is 9.53 Å². The molecule has 0 N–H and O–H groups in total. The molecule has 88 valence electrons. The van der Waals surface area contributed by atoms with Gasteiger partial charge in [-0.25, -0.2) is 15.0 Å². The summed E-state index contributed by atoms with van der Waals surface area (Å²) in [6.45, 7) is 2.96. The van der Waals surface area contributed by atoms with Crippen molar-refractivity contribution < 1.29 is 9.53 Å². The van der Waals surface area contributed by atoms with Crippen LogP contribution in [0.2, 0.25) is 0 Å². The highest BCUT2D eigenvalue weighted by Gasteiger charge is 2.27. The van der Waals surface area contributed by atoms with Crippen molar-refractivity contribution in [3.8, 4) is 0 Å². The third-order valence-corrected chi connectivity index (χ3v) is 2.89. The second kappa shape index (κ2) is 4.21. The number of carbonyl (C=O) groups excluding carboxylic acids is 1. The van der Waals surface area contributed by atoms with E-state index in [1.165, 1.54) is 6.21 Å². The van der Waals surface area contributed by atoms with Gasteiger partial charge in [-0.3, -0.25) is 4.79 Å². The standard InChI is InChI=1S/C11H12N4O2/c16-10-8-7-13-11(14-9(8)1-2-12-10)15-3-5-17-6-4-15/h1-2,7-8H,3-6H2. The first-order valence-corrected chi connectivity index (χ1v) is 5.58. The molecule has 0 aromatic carbocycles. The highest BCUT2D eigenvalue weighted by molar-refractivity contribution is 6.08. The minimum Gasteiger partial charge on any atom is -0.378 e. The lowest BCUT2D eigenvalue weighted by molar-refractivity contribution is -0.118. The Bertz CT molecular complexity index is 458. The Morgan fingerprint density at radius 1 is 1.29 bits per heavy atom. The van der Waals surface area contributed by atoms with Crippen LogP contribution in [0.3, 0.4) is 0 Å². The summed E-state index contributed by atoms with van der Waals surface area (Å²) in [7, 11) is 0. The number of hydrogen-bond donors (Lipinski definition) is 0. The van der Waals surface area contributed by atoms with Gasteiger partial charge >= 0.3 is 0 Å². The molecular weight excluding hydrogens is 220 g/mol. The molecule has 0 aliphatic carbocycles. The Balaban J connectivity index is 1.84. The number of ether oxygens (including phenoxy) is 1. The molecule has 3 heterocycles. The maximum Gasteiger partial charge on any atom is 0.260 e. The molecule has 1 fully saturated rings. The minimum absolute atomic E-state index is 0.198. The molecule has 1 amide bonds. The second-order valence-electron chi connectivity index (χ2n) is 3.98. The first-order valence-electron chi connectivity index (χ1n) is 5.58. The van der Waals surface area contributed by atoms with E-state index in [2.05, 4.69) is 19.9 Å². The van der Waals surface area contributed by atoms with Gasteiger partial charge in [0.05, 0.1) is 18.9 Å². The molecule has 0 saturated carbocycles. The number of guanidine groups is 1. The largest absolute Gasteiger partial charge is 0.378 e. The van der Waals surface area contributed by atoms with Gasteiger partial charge in [-0.05, 0) is 6.08 Å². The normalized spacial score (nSPS) is 27.6. The van der Waals surface area contributed by atoms with E-state index < -0.39 is 5.92 Å². The van der Waals surface area contributed by atoms with Crippen molar-refractivity contribution in [2.75, 3.05) is 26.3 Å². The summed E-state index contributed by atoms with van der Waals surface area (Å²) in [5, 5.41) is 0. The topological polar surface area (TPSA) is 66.6 Å². The Morgan fingerprint density at radius 3 is 2.94 bits per heavy atom. The highest BCUT2D eigenvalue weighted by atomic mass is 16.5. The fraction of sp³-hybridized carbons (Fsp3) is 0.455. The van der Waals surface area contributed by atoms with E-state index in [0.29, 0.717) is 19.2 Å². The number of fused-ring (bicyclic) bond motifs is 1. The lowest BCUT2D eigenvalue weighted by Crippen LogP contribution is -2.41. The molecular formula is C11H12N4O2. The van der Waals surface area contributed by atoms with Crippen molar-refractivity contribution in [3.63, 3.8) is 0 Å². The lowest BCUT2D eigenvalue weighted by Gasteiger charge is -2.29. The van der Waals surface area contributed by atoms with Gasteiger partial charge in [0.1, 0.15) is 5.92 Å². The predicted molar refractivity (Wildman–Crippen MR) is 63.4 cm³/mol. The molecule has 0 aromatic heterocycles. The van der Waals surface area contributed by atoms with Crippen molar-refractivity contribution in [1.82, 2.24) is 4.90 Å². The van der Waals surface area contributed by atoms with E-state index in [1.807, 2.05) is 0 Å². The predicted octanol–water partition coefficient (Wildman–Crippen LogP) is -0.130. The third kappa shape index (κ3) is 1.91. The first kappa shape index (κ1) is 10.3. The molecule has 6 heteroatoms. The molecule has 6 nitrogen and oxygen atoms in total. The zero-order valence-corrected chi connectivity index (χ0v) is 9.24. The van der Waals surface area contributed by atoms with E-state index in [9.17, 15) is 4.79 Å². The van der Waals surface area contributed by atoms with E-state index in [1.54, 1.807) is 12.3 Å². The Hall–Kier alpha value is -1.82. The number of carbonyl (C=O) groups is 1. The van der Waals surface area contributed by atoms with E-state index in [4.69, 9.17) is 4.74 Å². The Labute approximate surface area is 98.4 Å². The summed E-state index contributed by atoms with van der Waals surface area (Å²) in [6, 6.07) is 0. The summed E-state index contributed by atoms with van der Waals surface area (Å²) in [5.74, 6) is 0.0692. The maximum atomic E-state index is 11.5. The van der Waals surface area contributed by atoms with Crippen molar-refractivity contribution >= 4 is 24.3 Å². The van der Waals surface area contributed by atoms with Crippen LogP contribution in [0.5, 0.6) is 0 Å². The van der Waals surface area contributed by atoms with Gasteiger partial charge in [0.15, 0.2) is 0 Å². The minimum atomic E-state index is -0.398. The van der Waals surface area contributed by atoms with Crippen molar-refractivity contribution in [2.24, 2.45) is 20.9 Å². The van der Waals surface area contributed by atoms with Crippen LogP contribution in [0.4, 0.5) is 0 Å². The van der Waals surface area contributed by atoms with Gasteiger partial charge in [-0.2, -0.15) is 0 Å². The van der Waals surface area contributed by atoms with Crippen LogP contribution >= 0.6 is 0 Å². The van der Waals surface area contributed by atoms with Crippen molar-refractivity contribution in [2.45, 2.75) is 0 Å². The molecule has 1 atom stereocenters. The van der Waals surface area contributed by atoms with E-state index >= 15 is 0 Å². The van der Waals surface area contributed by atoms with Crippen LogP contribution in [-0.4, -0.2) is 55.5 Å². The molecule has 3 aliphatic rings. The molecule has 3 rings (SSSR count). The Kier molecular flexibility index (Phi) is 2.56. The average molecular weight is 232 g/mol. The fourth-order valence-corrected chi connectivity index (χ4v) is 1.95. The first-order chi connectivity index (χ1) is 8.34. The number of morpholine rings is 1. The molecule has 1 saturated heterocycles. The van der Waals surface area contributed by atoms with E-state index in [0.717, 1.165) is 18.8 Å². The molecule has 3 aliphatic heterocycles. The van der Waals surface area contributed by atoms with Gasteiger partial charge in [0.25, 0.3) is 5.91 Å². The molecule has 17 heavy (non-hydrogen) atoms. The SMILES string of the molecule is O=C1N=CC=C2N=C(N3CCOCC3)N=CC12. The van der Waals surface area contributed by atoms with Crippen LogP contribution in [0.15, 0.2) is 26.8 Å². The van der Waals surface area contributed by atoms with Gasteiger partial charge in [0.2, 0.25) is 5.96 Å². The third-order valence-electron chi connectivity index (χ3n) is 2.89. The smallest absolute Gasteiger partial charge is 0.260 e. The molecule has 0 spiro atoms. The summed E-state index contributed by atoms with van der Waals surface area (Å²) in [4.78, 5) is 25.9. The molecule has 0 aromatic rings. The van der Waals surface area contributed by atoms with Crippen molar-refractivity contribution in [1.29, 1.82) is 0 Å². The Morgan fingerprint density at radius 2 is 2.12 bits per heavy atom. The summed E-state index contributed by atoms with van der Waals surface area (Å²) >= 11 is 0. The number of amides is 1. The van der Waals surface area contributed by atoms with Crippen LogP contribution < -0.4 is 0 Å². The number of nitrogens with zero attached hydrogens (tertiary/aromatic N) is 4. The van der Waals surface area contributed by atoms with E-state index in [-0.39, 0.29) is 5.91 Å². The van der Waals surface area contributed by atoms with Crippen LogP contribution in [0, 0.1) is 5.92 Å². The highest BCUT2D eigenvalue weighted by Crippen LogP contribution is 2.20. The number of rotatable bonds is 0. The number of aliphatic imine (C=N–C) groups is 3. The molecule has 0 radical (unpaired) electrons. The zero-order chi connectivity index (χ0) is 11.7. The van der Waals surface area contributed by atoms with Gasteiger partial charge in [-0.1, -0.05) is 0 Å². The van der Waals surface area contributed by atoms with Crippen LogP contribution in [0.25, 0.3) is 0 Å². The van der Waals surface area contributed by atoms with Gasteiger partial charge in [0, 0.05) is 25.5 Å². The fourth-order valence-electron chi connectivity index (χ4n) is 1.95. The monoisotopic (exact) mass is 232 g/mol. The molecule has 1 unspecified atom stereocenters. The average Bonchev–Trinajstić information content (AvgIpc) is 2.40. The number of dihydropyridines is 1. The summed E-state index contributed by atoms with van der Waals surface area (Å²) in [6.07, 6.45) is 4.88. The van der Waals surface area contributed by atoms with Crippen molar-refractivity contribution in [3.05, 3.63) is 11.8 Å². The summed E-state index contributed by atoms with van der Waals surface area (Å²) in [5.41, 5.74) is 0.724. The van der Waals surface area contributed by atoms with Gasteiger partial charge < -0.3 is 9.64 Å². The van der Waals surface area contributed by atoms with Crippen LogP contribution in [0.1, 0.15) is 0 Å².